The number of hydrogen-bond acceptors (Lipinski definition) is 7. The number of esters is 1. The molecule has 1 N–H and O–H groups in total. The molecule has 1 aromatic heterocycles. The van der Waals surface area contributed by atoms with Crippen molar-refractivity contribution in [2.24, 2.45) is 0 Å². The molecule has 0 aliphatic carbocycles. The Morgan fingerprint density at radius 1 is 1.36 bits per heavy atom. The minimum atomic E-state index is -1.12. The molecule has 1 atom stereocenters. The van der Waals surface area contributed by atoms with Crippen molar-refractivity contribution < 1.29 is 33.3 Å². The van der Waals surface area contributed by atoms with Gasteiger partial charge in [0.25, 0.3) is 0 Å². The number of carbonyl (C=O) groups is 1. The molecular weight excluding hydrogens is 328 g/mol. The second-order valence-corrected chi connectivity index (χ2v) is 6.20. The fraction of sp³-hybridized carbons (Fsp3) is 0.389. The van der Waals surface area contributed by atoms with Crippen LogP contribution < -0.4 is 14.2 Å². The Balaban J connectivity index is 2.21. The van der Waals surface area contributed by atoms with Crippen molar-refractivity contribution in [3.63, 3.8) is 0 Å². The molecule has 2 heterocycles. The second-order valence-electron chi connectivity index (χ2n) is 6.20. The van der Waals surface area contributed by atoms with Crippen molar-refractivity contribution in [2.45, 2.75) is 25.6 Å². The summed E-state index contributed by atoms with van der Waals surface area (Å²) < 4.78 is 27.5. The first kappa shape index (κ1) is 17.2. The van der Waals surface area contributed by atoms with E-state index in [1.54, 1.807) is 19.9 Å². The van der Waals surface area contributed by atoms with Crippen LogP contribution in [0, 0.1) is 0 Å². The van der Waals surface area contributed by atoms with E-state index in [9.17, 15) is 9.90 Å². The van der Waals surface area contributed by atoms with E-state index in [2.05, 4.69) is 4.74 Å². The highest BCUT2D eigenvalue weighted by molar-refractivity contribution is 5.98. The van der Waals surface area contributed by atoms with Crippen LogP contribution in [0.3, 0.4) is 0 Å². The minimum Gasteiger partial charge on any atom is -0.495 e. The fourth-order valence-corrected chi connectivity index (χ4v) is 2.66. The van der Waals surface area contributed by atoms with Crippen LogP contribution in [0.5, 0.6) is 17.2 Å². The van der Waals surface area contributed by atoms with E-state index in [1.807, 2.05) is 0 Å². The van der Waals surface area contributed by atoms with E-state index in [4.69, 9.17) is 18.6 Å². The molecule has 1 aliphatic rings. The highest BCUT2D eigenvalue weighted by Gasteiger charge is 2.37. The summed E-state index contributed by atoms with van der Waals surface area (Å²) in [4.78, 5) is 11.5. The molecule has 134 valence electrons. The van der Waals surface area contributed by atoms with Crippen molar-refractivity contribution in [3.05, 3.63) is 24.0 Å². The predicted octanol–water partition coefficient (Wildman–Crippen LogP) is 2.54. The van der Waals surface area contributed by atoms with E-state index >= 15 is 0 Å². The van der Waals surface area contributed by atoms with Crippen LogP contribution in [0.25, 0.3) is 17.0 Å². The molecule has 3 rings (SSSR count). The summed E-state index contributed by atoms with van der Waals surface area (Å²) in [7, 11) is 2.81. The summed E-state index contributed by atoms with van der Waals surface area (Å²) in [6.45, 7) is 3.44. The average Bonchev–Trinajstić information content (AvgIpc) is 3.07. The lowest BCUT2D eigenvalue weighted by Gasteiger charge is -2.34. The van der Waals surface area contributed by atoms with Gasteiger partial charge in [-0.3, -0.25) is 0 Å². The van der Waals surface area contributed by atoms with Crippen LogP contribution in [-0.2, 0) is 9.53 Å². The molecule has 0 spiro atoms. The number of carbonyl (C=O) groups excluding carboxylic acids is 1. The van der Waals surface area contributed by atoms with Gasteiger partial charge in [-0.2, -0.15) is 0 Å². The number of ether oxygens (including phenoxy) is 4. The van der Waals surface area contributed by atoms with Gasteiger partial charge in [0, 0.05) is 6.08 Å². The summed E-state index contributed by atoms with van der Waals surface area (Å²) in [5.74, 6) is 0.713. The highest BCUT2D eigenvalue weighted by Crippen LogP contribution is 2.49. The van der Waals surface area contributed by atoms with Crippen LogP contribution in [0.4, 0.5) is 0 Å². The summed E-state index contributed by atoms with van der Waals surface area (Å²) in [5, 5.41) is 11.0. The summed E-state index contributed by atoms with van der Waals surface area (Å²) in [5.41, 5.74) is -0.131. The third kappa shape index (κ3) is 3.02. The van der Waals surface area contributed by atoms with Gasteiger partial charge >= 0.3 is 5.97 Å². The molecule has 7 heteroatoms. The Hall–Kier alpha value is -2.67. The Morgan fingerprint density at radius 2 is 2.12 bits per heavy atom. The SMILES string of the molecule is COC(=O)C=Cc1c2c(c3occc3c1OC)OCC(C(C)(C)O)O2. The van der Waals surface area contributed by atoms with E-state index < -0.39 is 17.7 Å². The predicted molar refractivity (Wildman–Crippen MR) is 90.0 cm³/mol. The molecule has 7 nitrogen and oxygen atoms in total. The van der Waals surface area contributed by atoms with Crippen LogP contribution in [0.15, 0.2) is 22.8 Å². The summed E-state index contributed by atoms with van der Waals surface area (Å²) in [6, 6.07) is 1.75. The topological polar surface area (TPSA) is 87.4 Å². The van der Waals surface area contributed by atoms with Gasteiger partial charge in [-0.15, -0.1) is 0 Å². The van der Waals surface area contributed by atoms with Gasteiger partial charge in [0.1, 0.15) is 12.4 Å². The monoisotopic (exact) mass is 348 g/mol. The minimum absolute atomic E-state index is 0.165. The maximum Gasteiger partial charge on any atom is 0.330 e. The molecule has 0 bridgehead atoms. The van der Waals surface area contributed by atoms with E-state index in [0.29, 0.717) is 33.8 Å². The molecule has 1 unspecified atom stereocenters. The van der Waals surface area contributed by atoms with Crippen molar-refractivity contribution >= 4 is 23.0 Å². The van der Waals surface area contributed by atoms with E-state index in [0.717, 1.165) is 0 Å². The number of fused-ring (bicyclic) bond motifs is 3. The largest absolute Gasteiger partial charge is 0.495 e. The Kier molecular flexibility index (Phi) is 4.34. The van der Waals surface area contributed by atoms with Crippen LogP contribution in [-0.4, -0.2) is 43.6 Å². The number of furan rings is 1. The van der Waals surface area contributed by atoms with Gasteiger partial charge in [-0.1, -0.05) is 0 Å². The first-order valence-electron chi connectivity index (χ1n) is 7.75. The Labute approximate surface area is 144 Å². The summed E-state index contributed by atoms with van der Waals surface area (Å²) >= 11 is 0. The number of methoxy groups -OCH3 is 2. The lowest BCUT2D eigenvalue weighted by Crippen LogP contribution is -2.46. The molecule has 0 saturated heterocycles. The van der Waals surface area contributed by atoms with E-state index in [1.165, 1.54) is 32.6 Å². The maximum atomic E-state index is 11.5. The molecule has 25 heavy (non-hydrogen) atoms. The molecule has 1 aliphatic heterocycles. The van der Waals surface area contributed by atoms with Gasteiger partial charge in [0.15, 0.2) is 17.4 Å². The third-order valence-corrected chi connectivity index (χ3v) is 4.03. The van der Waals surface area contributed by atoms with Crippen LogP contribution >= 0.6 is 0 Å². The number of rotatable bonds is 4. The maximum absolute atomic E-state index is 11.5. The zero-order valence-corrected chi connectivity index (χ0v) is 14.5. The fourth-order valence-electron chi connectivity index (χ4n) is 2.66. The summed E-state index contributed by atoms with van der Waals surface area (Å²) in [6.07, 6.45) is 3.72. The Bertz CT molecular complexity index is 826. The lowest BCUT2D eigenvalue weighted by atomic mass is 10.0. The first-order chi connectivity index (χ1) is 11.9. The smallest absolute Gasteiger partial charge is 0.330 e. The van der Waals surface area contributed by atoms with Crippen LogP contribution in [0.2, 0.25) is 0 Å². The first-order valence-corrected chi connectivity index (χ1v) is 7.75. The van der Waals surface area contributed by atoms with Gasteiger partial charge in [-0.05, 0) is 26.0 Å². The molecule has 0 radical (unpaired) electrons. The molecule has 0 saturated carbocycles. The van der Waals surface area contributed by atoms with Crippen molar-refractivity contribution in [2.75, 3.05) is 20.8 Å². The van der Waals surface area contributed by atoms with Crippen molar-refractivity contribution in [3.8, 4) is 17.2 Å². The van der Waals surface area contributed by atoms with Crippen molar-refractivity contribution in [1.29, 1.82) is 0 Å². The number of aliphatic hydroxyl groups is 1. The molecule has 0 fully saturated rings. The number of hydrogen-bond donors (Lipinski definition) is 1. The number of benzene rings is 1. The average molecular weight is 348 g/mol. The lowest BCUT2D eigenvalue weighted by molar-refractivity contribution is -0.134. The van der Waals surface area contributed by atoms with Gasteiger partial charge in [0.2, 0.25) is 5.75 Å². The molecule has 2 aromatic rings. The van der Waals surface area contributed by atoms with Gasteiger partial charge in [0.05, 0.1) is 37.0 Å². The molecular formula is C18H20O7. The third-order valence-electron chi connectivity index (χ3n) is 4.03. The molecule has 1 aromatic carbocycles. The normalized spacial score (nSPS) is 17.1. The van der Waals surface area contributed by atoms with Crippen molar-refractivity contribution in [1.82, 2.24) is 0 Å². The van der Waals surface area contributed by atoms with Gasteiger partial charge in [-0.25, -0.2) is 4.79 Å². The quantitative estimate of drug-likeness (QED) is 0.671. The molecule has 0 amide bonds. The highest BCUT2D eigenvalue weighted by atomic mass is 16.6. The zero-order valence-electron chi connectivity index (χ0n) is 14.5. The Morgan fingerprint density at radius 3 is 2.76 bits per heavy atom. The van der Waals surface area contributed by atoms with Crippen LogP contribution in [0.1, 0.15) is 19.4 Å². The standard InChI is InChI=1S/C18H20O7/c1-18(2,20)12-9-24-17-15-11(7-8-23-15)14(22-4)10(16(17)25-12)5-6-13(19)21-3/h5-8,12,20H,9H2,1-4H3. The van der Waals surface area contributed by atoms with Gasteiger partial charge < -0.3 is 28.5 Å². The van der Waals surface area contributed by atoms with E-state index in [-0.39, 0.29) is 6.61 Å². The zero-order chi connectivity index (χ0) is 18.2. The second kappa shape index (κ2) is 6.33.